The Bertz CT molecular complexity index is 760. The number of halogens is 1. The van der Waals surface area contributed by atoms with Crippen molar-refractivity contribution >= 4 is 11.7 Å². The van der Waals surface area contributed by atoms with E-state index in [-0.39, 0.29) is 42.6 Å². The number of nitro groups is 1. The van der Waals surface area contributed by atoms with Crippen molar-refractivity contribution in [2.45, 2.75) is 20.4 Å². The average Bonchev–Trinajstić information content (AvgIpc) is 2.79. The molecule has 1 aromatic heterocycles. The fourth-order valence-corrected chi connectivity index (χ4v) is 2.14. The first-order valence-corrected chi connectivity index (χ1v) is 7.11. The van der Waals surface area contributed by atoms with Crippen LogP contribution in [0.2, 0.25) is 0 Å². The standard InChI is InChI=1S/C15H16FN3O5/c1-10-15(19(21)22)11(2)18(17-10)9-14(20)24-8-7-23-13-6-4-3-5-12(13)16/h3-6H,7-9H2,1-2H3. The Labute approximate surface area is 136 Å². The van der Waals surface area contributed by atoms with Gasteiger partial charge < -0.3 is 9.47 Å². The maximum Gasteiger partial charge on any atom is 0.327 e. The second kappa shape index (κ2) is 7.53. The first-order valence-electron chi connectivity index (χ1n) is 7.11. The lowest BCUT2D eigenvalue weighted by Crippen LogP contribution is -2.18. The number of nitrogens with zero attached hydrogens (tertiary/aromatic N) is 3. The minimum Gasteiger partial charge on any atom is -0.487 e. The molecule has 128 valence electrons. The molecule has 0 saturated carbocycles. The summed E-state index contributed by atoms with van der Waals surface area (Å²) in [6, 6.07) is 5.89. The second-order valence-electron chi connectivity index (χ2n) is 4.93. The van der Waals surface area contributed by atoms with Crippen molar-refractivity contribution in [1.29, 1.82) is 0 Å². The summed E-state index contributed by atoms with van der Waals surface area (Å²) in [6.07, 6.45) is 0. The molecule has 0 radical (unpaired) electrons. The van der Waals surface area contributed by atoms with Gasteiger partial charge in [0.25, 0.3) is 0 Å². The van der Waals surface area contributed by atoms with Crippen LogP contribution in [0.3, 0.4) is 0 Å². The monoisotopic (exact) mass is 337 g/mol. The number of carbonyl (C=O) groups is 1. The molecule has 9 heteroatoms. The van der Waals surface area contributed by atoms with Crippen molar-refractivity contribution in [2.24, 2.45) is 0 Å². The third kappa shape index (κ3) is 4.06. The zero-order valence-electron chi connectivity index (χ0n) is 13.2. The van der Waals surface area contributed by atoms with Crippen LogP contribution < -0.4 is 4.74 Å². The quantitative estimate of drug-likeness (QED) is 0.332. The smallest absolute Gasteiger partial charge is 0.327 e. The fourth-order valence-electron chi connectivity index (χ4n) is 2.14. The molecule has 0 atom stereocenters. The number of carbonyl (C=O) groups excluding carboxylic acids is 1. The summed E-state index contributed by atoms with van der Waals surface area (Å²) >= 11 is 0. The largest absolute Gasteiger partial charge is 0.487 e. The highest BCUT2D eigenvalue weighted by Gasteiger charge is 2.23. The molecular weight excluding hydrogens is 321 g/mol. The molecule has 1 heterocycles. The van der Waals surface area contributed by atoms with E-state index in [2.05, 4.69) is 5.10 Å². The molecule has 0 amide bonds. The molecule has 8 nitrogen and oxygen atoms in total. The minimum absolute atomic E-state index is 0.00998. The van der Waals surface area contributed by atoms with Gasteiger partial charge in [0, 0.05) is 0 Å². The third-order valence-electron chi connectivity index (χ3n) is 3.25. The first kappa shape index (κ1) is 17.4. The van der Waals surface area contributed by atoms with Crippen LogP contribution in [0.15, 0.2) is 24.3 Å². The van der Waals surface area contributed by atoms with Crippen molar-refractivity contribution in [3.8, 4) is 5.75 Å². The molecular formula is C15H16FN3O5. The maximum absolute atomic E-state index is 13.3. The van der Waals surface area contributed by atoms with Crippen LogP contribution in [0.1, 0.15) is 11.4 Å². The fraction of sp³-hybridized carbons (Fsp3) is 0.333. The number of hydrogen-bond acceptors (Lipinski definition) is 6. The second-order valence-corrected chi connectivity index (χ2v) is 4.93. The van der Waals surface area contributed by atoms with Gasteiger partial charge in [-0.3, -0.25) is 19.6 Å². The van der Waals surface area contributed by atoms with Gasteiger partial charge in [0.2, 0.25) is 0 Å². The SMILES string of the molecule is Cc1nn(CC(=O)OCCOc2ccccc2F)c(C)c1[N+](=O)[O-]. The molecule has 2 aromatic rings. The number of benzene rings is 1. The zero-order chi connectivity index (χ0) is 17.7. The summed E-state index contributed by atoms with van der Waals surface area (Å²) in [6.45, 7) is 2.67. The summed E-state index contributed by atoms with van der Waals surface area (Å²) in [7, 11) is 0. The predicted octanol–water partition coefficient (Wildman–Crippen LogP) is 2.17. The van der Waals surface area contributed by atoms with Crippen LogP contribution in [-0.2, 0) is 16.1 Å². The normalized spacial score (nSPS) is 10.5. The molecule has 0 aliphatic carbocycles. The summed E-state index contributed by atoms with van der Waals surface area (Å²) < 4.78 is 24.6. The van der Waals surface area contributed by atoms with Crippen molar-refractivity contribution in [3.05, 3.63) is 51.6 Å². The summed E-state index contributed by atoms with van der Waals surface area (Å²) in [5.41, 5.74) is 0.385. The van der Waals surface area contributed by atoms with Crippen LogP contribution in [0.25, 0.3) is 0 Å². The maximum atomic E-state index is 13.3. The molecule has 0 N–H and O–H groups in total. The van der Waals surface area contributed by atoms with Crippen LogP contribution in [0, 0.1) is 29.8 Å². The number of aryl methyl sites for hydroxylation is 1. The molecule has 0 aliphatic heterocycles. The van der Waals surface area contributed by atoms with Gasteiger partial charge >= 0.3 is 11.7 Å². The van der Waals surface area contributed by atoms with Crippen LogP contribution in [0.5, 0.6) is 5.75 Å². The van der Waals surface area contributed by atoms with Crippen LogP contribution >= 0.6 is 0 Å². The lowest BCUT2D eigenvalue weighted by Gasteiger charge is -2.08. The molecule has 0 spiro atoms. The molecule has 1 aromatic carbocycles. The predicted molar refractivity (Wildman–Crippen MR) is 81.2 cm³/mol. The van der Waals surface area contributed by atoms with E-state index >= 15 is 0 Å². The topological polar surface area (TPSA) is 96.5 Å². The van der Waals surface area contributed by atoms with Gasteiger partial charge in [-0.25, -0.2) is 4.39 Å². The van der Waals surface area contributed by atoms with Gasteiger partial charge in [-0.1, -0.05) is 12.1 Å². The van der Waals surface area contributed by atoms with Crippen LogP contribution in [-0.4, -0.2) is 33.9 Å². The summed E-state index contributed by atoms with van der Waals surface area (Å²) in [4.78, 5) is 22.1. The molecule has 0 saturated heterocycles. The van der Waals surface area contributed by atoms with E-state index in [4.69, 9.17) is 9.47 Å². The minimum atomic E-state index is -0.618. The van der Waals surface area contributed by atoms with Crippen LogP contribution in [0.4, 0.5) is 10.1 Å². The van der Waals surface area contributed by atoms with E-state index in [1.165, 1.54) is 36.7 Å². The van der Waals surface area contributed by atoms with Crippen molar-refractivity contribution in [2.75, 3.05) is 13.2 Å². The highest BCUT2D eigenvalue weighted by molar-refractivity contribution is 5.69. The van der Waals surface area contributed by atoms with Gasteiger partial charge in [0.1, 0.15) is 31.1 Å². The van der Waals surface area contributed by atoms with Crippen molar-refractivity contribution in [1.82, 2.24) is 9.78 Å². The number of rotatable bonds is 7. The molecule has 0 unspecified atom stereocenters. The summed E-state index contributed by atoms with van der Waals surface area (Å²) in [5, 5.41) is 14.9. The Balaban J connectivity index is 1.83. The number of esters is 1. The Morgan fingerprint density at radius 1 is 1.33 bits per heavy atom. The van der Waals surface area contributed by atoms with E-state index in [9.17, 15) is 19.3 Å². The van der Waals surface area contributed by atoms with Gasteiger partial charge in [0.05, 0.1) is 4.92 Å². The molecule has 24 heavy (non-hydrogen) atoms. The van der Waals surface area contributed by atoms with E-state index in [1.54, 1.807) is 6.07 Å². The highest BCUT2D eigenvalue weighted by atomic mass is 19.1. The zero-order valence-corrected chi connectivity index (χ0v) is 13.2. The van der Waals surface area contributed by atoms with Gasteiger partial charge in [0.15, 0.2) is 11.6 Å². The van der Waals surface area contributed by atoms with Gasteiger partial charge in [-0.2, -0.15) is 5.10 Å². The van der Waals surface area contributed by atoms with E-state index in [1.807, 2.05) is 0 Å². The lowest BCUT2D eigenvalue weighted by molar-refractivity contribution is -0.386. The number of para-hydroxylation sites is 1. The number of ether oxygens (including phenoxy) is 2. The lowest BCUT2D eigenvalue weighted by atomic mass is 10.3. The first-order chi connectivity index (χ1) is 11.4. The van der Waals surface area contributed by atoms with Gasteiger partial charge in [-0.05, 0) is 26.0 Å². The molecule has 0 bridgehead atoms. The number of aromatic nitrogens is 2. The summed E-state index contributed by atoms with van der Waals surface area (Å²) in [5.74, 6) is -1.05. The van der Waals surface area contributed by atoms with E-state index in [0.717, 1.165) is 0 Å². The molecule has 0 fully saturated rings. The molecule has 2 rings (SSSR count). The highest BCUT2D eigenvalue weighted by Crippen LogP contribution is 2.21. The average molecular weight is 337 g/mol. The van der Waals surface area contributed by atoms with E-state index < -0.39 is 16.7 Å². The Hall–Kier alpha value is -2.97. The van der Waals surface area contributed by atoms with Crippen molar-refractivity contribution < 1.29 is 23.6 Å². The Morgan fingerprint density at radius 2 is 2.04 bits per heavy atom. The Morgan fingerprint density at radius 3 is 2.67 bits per heavy atom. The van der Waals surface area contributed by atoms with Gasteiger partial charge in [-0.15, -0.1) is 0 Å². The Kier molecular flexibility index (Phi) is 5.46. The number of hydrogen-bond donors (Lipinski definition) is 0. The third-order valence-corrected chi connectivity index (χ3v) is 3.25. The van der Waals surface area contributed by atoms with E-state index in [0.29, 0.717) is 0 Å². The van der Waals surface area contributed by atoms with Crippen molar-refractivity contribution in [3.63, 3.8) is 0 Å². The molecule has 0 aliphatic rings.